The van der Waals surface area contributed by atoms with Crippen molar-refractivity contribution in [1.29, 1.82) is 0 Å². The smallest absolute Gasteiger partial charge is 0.246 e. The lowest BCUT2D eigenvalue weighted by Crippen LogP contribution is -2.30. The number of carbonyl (C=O) groups excluding carboxylic acids is 1. The standard InChI is InChI=1S/C12H17NO2/c1-9-6-4-5-7-11(9)10(2)13-12(14)8-15-3/h4-7,10H,8H2,1-3H3,(H,13,14)/t10-/m1/s1. The molecule has 0 aliphatic rings. The van der Waals surface area contributed by atoms with E-state index in [9.17, 15) is 4.79 Å². The van der Waals surface area contributed by atoms with Crippen LogP contribution in [0.25, 0.3) is 0 Å². The van der Waals surface area contributed by atoms with Gasteiger partial charge in [0, 0.05) is 7.11 Å². The molecule has 0 aliphatic heterocycles. The van der Waals surface area contributed by atoms with E-state index in [-0.39, 0.29) is 18.6 Å². The van der Waals surface area contributed by atoms with Gasteiger partial charge in [0.2, 0.25) is 5.91 Å². The van der Waals surface area contributed by atoms with E-state index in [1.807, 2.05) is 38.1 Å². The lowest BCUT2D eigenvalue weighted by molar-refractivity contribution is -0.125. The van der Waals surface area contributed by atoms with Crippen molar-refractivity contribution < 1.29 is 9.53 Å². The molecule has 1 N–H and O–H groups in total. The second kappa shape index (κ2) is 5.51. The summed E-state index contributed by atoms with van der Waals surface area (Å²) in [6.07, 6.45) is 0. The molecule has 0 saturated heterocycles. The molecule has 0 bridgehead atoms. The number of amides is 1. The summed E-state index contributed by atoms with van der Waals surface area (Å²) in [4.78, 5) is 11.3. The van der Waals surface area contributed by atoms with E-state index in [0.29, 0.717) is 0 Å². The Kier molecular flexibility index (Phi) is 4.31. The number of rotatable bonds is 4. The van der Waals surface area contributed by atoms with Crippen LogP contribution in [-0.4, -0.2) is 19.6 Å². The second-order valence-electron chi connectivity index (χ2n) is 3.58. The predicted molar refractivity (Wildman–Crippen MR) is 59.6 cm³/mol. The molecule has 0 radical (unpaired) electrons. The van der Waals surface area contributed by atoms with E-state index in [1.54, 1.807) is 0 Å². The van der Waals surface area contributed by atoms with Crippen molar-refractivity contribution in [2.45, 2.75) is 19.9 Å². The van der Waals surface area contributed by atoms with Crippen LogP contribution in [0.3, 0.4) is 0 Å². The van der Waals surface area contributed by atoms with Gasteiger partial charge in [-0.25, -0.2) is 0 Å². The maximum atomic E-state index is 11.3. The van der Waals surface area contributed by atoms with E-state index in [4.69, 9.17) is 4.74 Å². The first kappa shape index (κ1) is 11.7. The molecule has 0 unspecified atom stereocenters. The number of benzene rings is 1. The van der Waals surface area contributed by atoms with Crippen LogP contribution in [0.4, 0.5) is 0 Å². The summed E-state index contributed by atoms with van der Waals surface area (Å²) >= 11 is 0. The van der Waals surface area contributed by atoms with Crippen LogP contribution in [0.5, 0.6) is 0 Å². The fraction of sp³-hybridized carbons (Fsp3) is 0.417. The van der Waals surface area contributed by atoms with Gasteiger partial charge in [0.05, 0.1) is 6.04 Å². The van der Waals surface area contributed by atoms with Crippen LogP contribution in [0.2, 0.25) is 0 Å². The topological polar surface area (TPSA) is 38.3 Å². The fourth-order valence-electron chi connectivity index (χ4n) is 1.56. The minimum absolute atomic E-state index is 0.0221. The van der Waals surface area contributed by atoms with Gasteiger partial charge < -0.3 is 10.1 Å². The van der Waals surface area contributed by atoms with Crippen molar-refractivity contribution in [3.05, 3.63) is 35.4 Å². The van der Waals surface area contributed by atoms with E-state index >= 15 is 0 Å². The normalized spacial score (nSPS) is 12.2. The summed E-state index contributed by atoms with van der Waals surface area (Å²) in [5.74, 6) is -0.0896. The first-order chi connectivity index (χ1) is 7.15. The summed E-state index contributed by atoms with van der Waals surface area (Å²) in [5, 5.41) is 2.87. The lowest BCUT2D eigenvalue weighted by atomic mass is 10.0. The molecule has 0 spiro atoms. The van der Waals surface area contributed by atoms with Crippen LogP contribution in [-0.2, 0) is 9.53 Å². The quantitative estimate of drug-likeness (QED) is 0.817. The fourth-order valence-corrected chi connectivity index (χ4v) is 1.56. The van der Waals surface area contributed by atoms with Crippen molar-refractivity contribution in [3.63, 3.8) is 0 Å². The Bertz CT molecular complexity index is 336. The summed E-state index contributed by atoms with van der Waals surface area (Å²) in [6.45, 7) is 4.11. The highest BCUT2D eigenvalue weighted by atomic mass is 16.5. The average Bonchev–Trinajstić information content (AvgIpc) is 2.18. The third-order valence-corrected chi connectivity index (χ3v) is 2.31. The van der Waals surface area contributed by atoms with Gasteiger partial charge in [-0.05, 0) is 25.0 Å². The Balaban J connectivity index is 2.65. The number of hydrogen-bond donors (Lipinski definition) is 1. The first-order valence-electron chi connectivity index (χ1n) is 4.99. The van der Waals surface area contributed by atoms with Gasteiger partial charge in [0.15, 0.2) is 0 Å². The lowest BCUT2D eigenvalue weighted by Gasteiger charge is -2.16. The molecule has 1 rings (SSSR count). The van der Waals surface area contributed by atoms with Gasteiger partial charge in [-0.15, -0.1) is 0 Å². The third-order valence-electron chi connectivity index (χ3n) is 2.31. The number of hydrogen-bond acceptors (Lipinski definition) is 2. The maximum Gasteiger partial charge on any atom is 0.246 e. The summed E-state index contributed by atoms with van der Waals surface area (Å²) < 4.78 is 4.76. The summed E-state index contributed by atoms with van der Waals surface area (Å²) in [7, 11) is 1.51. The maximum absolute atomic E-state index is 11.3. The molecule has 0 fully saturated rings. The summed E-state index contributed by atoms with van der Waals surface area (Å²) in [6, 6.07) is 8.04. The number of aryl methyl sites for hydroxylation is 1. The molecule has 1 aromatic rings. The monoisotopic (exact) mass is 207 g/mol. The van der Waals surface area contributed by atoms with Crippen molar-refractivity contribution in [2.24, 2.45) is 0 Å². The molecule has 3 heteroatoms. The molecule has 1 amide bonds. The third kappa shape index (κ3) is 3.36. The molecule has 82 valence electrons. The Morgan fingerprint density at radius 1 is 1.47 bits per heavy atom. The van der Waals surface area contributed by atoms with E-state index in [1.165, 1.54) is 12.7 Å². The van der Waals surface area contributed by atoms with Crippen LogP contribution < -0.4 is 5.32 Å². The predicted octanol–water partition coefficient (Wildman–Crippen LogP) is 1.82. The van der Waals surface area contributed by atoms with Crippen molar-refractivity contribution in [1.82, 2.24) is 5.32 Å². The van der Waals surface area contributed by atoms with Gasteiger partial charge in [-0.1, -0.05) is 24.3 Å². The Morgan fingerprint density at radius 3 is 2.73 bits per heavy atom. The number of ether oxygens (including phenoxy) is 1. The minimum Gasteiger partial charge on any atom is -0.375 e. The van der Waals surface area contributed by atoms with E-state index in [2.05, 4.69) is 5.32 Å². The van der Waals surface area contributed by atoms with Crippen molar-refractivity contribution >= 4 is 5.91 Å². The molecule has 0 saturated carbocycles. The molecular weight excluding hydrogens is 190 g/mol. The highest BCUT2D eigenvalue weighted by molar-refractivity contribution is 5.77. The molecule has 15 heavy (non-hydrogen) atoms. The van der Waals surface area contributed by atoms with Crippen LogP contribution >= 0.6 is 0 Å². The van der Waals surface area contributed by atoms with Gasteiger partial charge in [0.1, 0.15) is 6.61 Å². The zero-order valence-corrected chi connectivity index (χ0v) is 9.41. The van der Waals surface area contributed by atoms with E-state index in [0.717, 1.165) is 5.56 Å². The molecule has 0 aliphatic carbocycles. The number of nitrogens with one attached hydrogen (secondary N) is 1. The van der Waals surface area contributed by atoms with Gasteiger partial charge in [-0.2, -0.15) is 0 Å². The molecule has 3 nitrogen and oxygen atoms in total. The highest BCUT2D eigenvalue weighted by Gasteiger charge is 2.10. The van der Waals surface area contributed by atoms with Crippen LogP contribution in [0.1, 0.15) is 24.1 Å². The Labute approximate surface area is 90.4 Å². The summed E-state index contributed by atoms with van der Waals surface area (Å²) in [5.41, 5.74) is 2.32. The molecule has 1 aromatic carbocycles. The number of methoxy groups -OCH3 is 1. The SMILES string of the molecule is COCC(=O)N[C@H](C)c1ccccc1C. The van der Waals surface area contributed by atoms with Crippen molar-refractivity contribution in [2.75, 3.05) is 13.7 Å². The Hall–Kier alpha value is -1.35. The minimum atomic E-state index is -0.0896. The largest absolute Gasteiger partial charge is 0.375 e. The molecule has 0 aromatic heterocycles. The first-order valence-corrected chi connectivity index (χ1v) is 4.99. The van der Waals surface area contributed by atoms with E-state index < -0.39 is 0 Å². The van der Waals surface area contributed by atoms with Gasteiger partial charge in [-0.3, -0.25) is 4.79 Å². The second-order valence-corrected chi connectivity index (χ2v) is 3.58. The van der Waals surface area contributed by atoms with Gasteiger partial charge in [0.25, 0.3) is 0 Å². The average molecular weight is 207 g/mol. The molecular formula is C12H17NO2. The highest BCUT2D eigenvalue weighted by Crippen LogP contribution is 2.16. The van der Waals surface area contributed by atoms with Gasteiger partial charge >= 0.3 is 0 Å². The zero-order chi connectivity index (χ0) is 11.3. The number of carbonyl (C=O) groups is 1. The van der Waals surface area contributed by atoms with Crippen LogP contribution in [0, 0.1) is 6.92 Å². The molecule has 1 atom stereocenters. The Morgan fingerprint density at radius 2 is 2.13 bits per heavy atom. The molecule has 0 heterocycles. The van der Waals surface area contributed by atoms with Crippen LogP contribution in [0.15, 0.2) is 24.3 Å². The van der Waals surface area contributed by atoms with Crippen molar-refractivity contribution in [3.8, 4) is 0 Å². The zero-order valence-electron chi connectivity index (χ0n) is 9.41.